The van der Waals surface area contributed by atoms with Crippen LogP contribution in [0.5, 0.6) is 0 Å². The van der Waals surface area contributed by atoms with Crippen molar-refractivity contribution in [3.05, 3.63) is 0 Å². The lowest BCUT2D eigenvalue weighted by Gasteiger charge is -2.40. The molecular formula is C8H10N2O4. The first-order valence-corrected chi connectivity index (χ1v) is 4.29. The Morgan fingerprint density at radius 3 is 2.57 bits per heavy atom. The molecule has 0 atom stereocenters. The maximum Gasteiger partial charge on any atom is 0.322 e. The fourth-order valence-electron chi connectivity index (χ4n) is 1.93. The van der Waals surface area contributed by atoms with Gasteiger partial charge in [-0.2, -0.15) is 0 Å². The van der Waals surface area contributed by atoms with E-state index in [-0.39, 0.29) is 17.8 Å². The second-order valence-corrected chi connectivity index (χ2v) is 3.62. The molecule has 0 aromatic rings. The van der Waals surface area contributed by atoms with Gasteiger partial charge in [-0.1, -0.05) is 0 Å². The molecule has 0 aromatic heterocycles. The molecule has 1 saturated heterocycles. The van der Waals surface area contributed by atoms with E-state index in [0.717, 1.165) is 0 Å². The minimum absolute atomic E-state index is 0.274. The third-order valence-electron chi connectivity index (χ3n) is 2.74. The molecule has 1 saturated carbocycles. The van der Waals surface area contributed by atoms with Crippen molar-refractivity contribution >= 4 is 17.9 Å². The lowest BCUT2D eigenvalue weighted by Crippen LogP contribution is -2.58. The highest BCUT2D eigenvalue weighted by molar-refractivity contribution is 6.08. The summed E-state index contributed by atoms with van der Waals surface area (Å²) in [5.74, 6) is -0.948. The molecule has 0 unspecified atom stereocenters. The Bertz CT molecular complexity index is 319. The molecule has 1 heterocycles. The van der Waals surface area contributed by atoms with Crippen LogP contribution >= 0.6 is 0 Å². The summed E-state index contributed by atoms with van der Waals surface area (Å²) in [6.45, 7) is 0. The zero-order valence-electron chi connectivity index (χ0n) is 7.62. The van der Waals surface area contributed by atoms with Crippen LogP contribution in [0.15, 0.2) is 0 Å². The Morgan fingerprint density at radius 1 is 1.50 bits per heavy atom. The number of ether oxygens (including phenoxy) is 1. The van der Waals surface area contributed by atoms with Crippen molar-refractivity contribution in [1.29, 1.82) is 0 Å². The average molecular weight is 198 g/mol. The van der Waals surface area contributed by atoms with Crippen LogP contribution in [0.4, 0.5) is 4.79 Å². The smallest absolute Gasteiger partial charge is 0.322 e. The number of imide groups is 1. The number of hydrogen-bond donors (Lipinski definition) is 2. The zero-order valence-corrected chi connectivity index (χ0v) is 7.62. The van der Waals surface area contributed by atoms with Gasteiger partial charge in [-0.05, 0) is 12.8 Å². The van der Waals surface area contributed by atoms with Crippen LogP contribution < -0.4 is 10.6 Å². The predicted octanol–water partition coefficient (Wildman–Crippen LogP) is -0.852. The first kappa shape index (κ1) is 8.98. The van der Waals surface area contributed by atoms with E-state index in [2.05, 4.69) is 15.4 Å². The molecule has 2 N–H and O–H groups in total. The standard InChI is InChI=1S/C8H10N2O4/c1-14-5(11)4-2-8(3-4)6(12)9-7(13)10-8/h4H,2-3H2,1H3,(H2,9,10,12,13). The van der Waals surface area contributed by atoms with Crippen molar-refractivity contribution in [2.24, 2.45) is 5.92 Å². The van der Waals surface area contributed by atoms with Crippen molar-refractivity contribution in [2.75, 3.05) is 7.11 Å². The van der Waals surface area contributed by atoms with Gasteiger partial charge < -0.3 is 10.1 Å². The molecule has 0 aromatic carbocycles. The number of carbonyl (C=O) groups is 3. The topological polar surface area (TPSA) is 84.5 Å². The van der Waals surface area contributed by atoms with Crippen LogP contribution in [0.2, 0.25) is 0 Å². The van der Waals surface area contributed by atoms with Crippen LogP contribution in [-0.2, 0) is 14.3 Å². The highest BCUT2D eigenvalue weighted by atomic mass is 16.5. The van der Waals surface area contributed by atoms with Crippen LogP contribution in [-0.4, -0.2) is 30.6 Å². The molecule has 1 aliphatic carbocycles. The number of carbonyl (C=O) groups excluding carboxylic acids is 3. The molecule has 76 valence electrons. The summed E-state index contributed by atoms with van der Waals surface area (Å²) in [7, 11) is 1.31. The Morgan fingerprint density at radius 2 is 2.14 bits per heavy atom. The molecule has 6 nitrogen and oxygen atoms in total. The van der Waals surface area contributed by atoms with Gasteiger partial charge in [0.25, 0.3) is 5.91 Å². The molecule has 2 aliphatic rings. The van der Waals surface area contributed by atoms with Gasteiger partial charge in [-0.25, -0.2) is 4.79 Å². The zero-order chi connectivity index (χ0) is 10.3. The van der Waals surface area contributed by atoms with E-state index < -0.39 is 11.6 Å². The van der Waals surface area contributed by atoms with Gasteiger partial charge in [0, 0.05) is 0 Å². The molecule has 3 amide bonds. The van der Waals surface area contributed by atoms with E-state index in [4.69, 9.17) is 0 Å². The second-order valence-electron chi connectivity index (χ2n) is 3.62. The Hall–Kier alpha value is -1.59. The Kier molecular flexibility index (Phi) is 1.73. The van der Waals surface area contributed by atoms with Gasteiger partial charge in [-0.3, -0.25) is 14.9 Å². The number of hydrogen-bond acceptors (Lipinski definition) is 4. The minimum Gasteiger partial charge on any atom is -0.469 e. The molecule has 6 heteroatoms. The summed E-state index contributed by atoms with van der Waals surface area (Å²) in [5, 5.41) is 4.66. The normalized spacial score (nSPS) is 34.8. The van der Waals surface area contributed by atoms with Gasteiger partial charge in [0.15, 0.2) is 0 Å². The van der Waals surface area contributed by atoms with E-state index in [1.807, 2.05) is 0 Å². The fraction of sp³-hybridized carbons (Fsp3) is 0.625. The third kappa shape index (κ3) is 1.07. The predicted molar refractivity (Wildman–Crippen MR) is 44.1 cm³/mol. The number of amides is 3. The van der Waals surface area contributed by atoms with Gasteiger partial charge in [0.05, 0.1) is 13.0 Å². The van der Waals surface area contributed by atoms with Crippen molar-refractivity contribution in [3.8, 4) is 0 Å². The largest absolute Gasteiger partial charge is 0.469 e. The van der Waals surface area contributed by atoms with Crippen LogP contribution in [0.1, 0.15) is 12.8 Å². The third-order valence-corrected chi connectivity index (χ3v) is 2.74. The molecule has 2 rings (SSSR count). The second kappa shape index (κ2) is 2.70. The van der Waals surface area contributed by atoms with Crippen LogP contribution in [0.25, 0.3) is 0 Å². The number of methoxy groups -OCH3 is 1. The molecule has 0 radical (unpaired) electrons. The lowest BCUT2D eigenvalue weighted by molar-refractivity contribution is -0.153. The first-order valence-electron chi connectivity index (χ1n) is 4.29. The maximum atomic E-state index is 11.3. The van der Waals surface area contributed by atoms with Crippen molar-refractivity contribution in [2.45, 2.75) is 18.4 Å². The van der Waals surface area contributed by atoms with Gasteiger partial charge in [0.1, 0.15) is 5.54 Å². The van der Waals surface area contributed by atoms with E-state index in [1.54, 1.807) is 0 Å². The van der Waals surface area contributed by atoms with E-state index in [9.17, 15) is 14.4 Å². The fourth-order valence-corrected chi connectivity index (χ4v) is 1.93. The van der Waals surface area contributed by atoms with Gasteiger partial charge in [-0.15, -0.1) is 0 Å². The van der Waals surface area contributed by atoms with Crippen molar-refractivity contribution in [1.82, 2.24) is 10.6 Å². The Labute approximate surface area is 80.0 Å². The summed E-state index contributed by atoms with van der Waals surface area (Å²) < 4.78 is 4.54. The lowest BCUT2D eigenvalue weighted by atomic mass is 9.68. The molecule has 1 aliphatic heterocycles. The maximum absolute atomic E-state index is 11.3. The van der Waals surface area contributed by atoms with E-state index >= 15 is 0 Å². The summed E-state index contributed by atoms with van der Waals surface area (Å²) in [6.07, 6.45) is 0.661. The average Bonchev–Trinajstić information content (AvgIpc) is 2.37. The van der Waals surface area contributed by atoms with E-state index in [0.29, 0.717) is 12.8 Å². The molecule has 2 fully saturated rings. The summed E-state index contributed by atoms with van der Waals surface area (Å²) in [4.78, 5) is 33.2. The number of nitrogens with one attached hydrogen (secondary N) is 2. The van der Waals surface area contributed by atoms with Gasteiger partial charge in [0.2, 0.25) is 0 Å². The first-order chi connectivity index (χ1) is 6.57. The quantitative estimate of drug-likeness (QED) is 0.424. The molecular weight excluding hydrogens is 188 g/mol. The SMILES string of the molecule is COC(=O)C1CC2(C1)NC(=O)NC2=O. The van der Waals surface area contributed by atoms with Crippen LogP contribution in [0.3, 0.4) is 0 Å². The minimum atomic E-state index is -0.851. The molecule has 14 heavy (non-hydrogen) atoms. The monoisotopic (exact) mass is 198 g/mol. The molecule has 0 bridgehead atoms. The van der Waals surface area contributed by atoms with Crippen molar-refractivity contribution < 1.29 is 19.1 Å². The Balaban J connectivity index is 2.02. The van der Waals surface area contributed by atoms with Crippen LogP contribution in [0, 0.1) is 5.92 Å². The number of esters is 1. The summed E-state index contributed by atoms with van der Waals surface area (Å²) >= 11 is 0. The summed E-state index contributed by atoms with van der Waals surface area (Å²) in [6, 6.07) is -0.488. The number of urea groups is 1. The highest BCUT2D eigenvalue weighted by Crippen LogP contribution is 2.40. The number of rotatable bonds is 1. The van der Waals surface area contributed by atoms with Crippen molar-refractivity contribution in [3.63, 3.8) is 0 Å². The van der Waals surface area contributed by atoms with E-state index in [1.165, 1.54) is 7.11 Å². The van der Waals surface area contributed by atoms with Gasteiger partial charge >= 0.3 is 12.0 Å². The molecule has 1 spiro atoms. The highest BCUT2D eigenvalue weighted by Gasteiger charge is 2.57. The summed E-state index contributed by atoms with van der Waals surface area (Å²) in [5.41, 5.74) is -0.851.